The summed E-state index contributed by atoms with van der Waals surface area (Å²) in [5, 5.41) is 0. The van der Waals surface area contributed by atoms with Gasteiger partial charge in [-0.1, -0.05) is 39.5 Å². The zero-order valence-corrected chi connectivity index (χ0v) is 20.6. The van der Waals surface area contributed by atoms with Crippen molar-refractivity contribution in [1.29, 1.82) is 0 Å². The van der Waals surface area contributed by atoms with E-state index in [1.165, 1.54) is 0 Å². The average Bonchev–Trinajstić information content (AvgIpc) is 2.90. The van der Waals surface area contributed by atoms with Gasteiger partial charge in [0.25, 0.3) is 0 Å². The molecule has 0 aliphatic rings. The molecular weight excluding hydrogens is 440 g/mol. The highest BCUT2D eigenvalue weighted by Gasteiger charge is 2.12. The van der Waals surface area contributed by atoms with E-state index in [9.17, 15) is 9.59 Å². The van der Waals surface area contributed by atoms with Crippen LogP contribution in [0.1, 0.15) is 78.7 Å². The predicted octanol–water partition coefficient (Wildman–Crippen LogP) is 7.27. The fourth-order valence-corrected chi connectivity index (χ4v) is 3.48. The molecule has 184 valence electrons. The van der Waals surface area contributed by atoms with Crippen LogP contribution < -0.4 is 14.2 Å². The van der Waals surface area contributed by atoms with Crippen LogP contribution in [0.3, 0.4) is 0 Å². The number of carbonyl (C=O) groups excluding carboxylic acids is 2. The van der Waals surface area contributed by atoms with Crippen molar-refractivity contribution < 1.29 is 23.8 Å². The van der Waals surface area contributed by atoms with E-state index < -0.39 is 5.97 Å². The number of unbranched alkanes of at least 4 members (excludes halogenated alkanes) is 4. The number of benzene rings is 3. The molecule has 3 aromatic carbocycles. The third-order valence-corrected chi connectivity index (χ3v) is 5.57. The zero-order valence-electron chi connectivity index (χ0n) is 20.6. The lowest BCUT2D eigenvalue weighted by atomic mass is 10.0. The van der Waals surface area contributed by atoms with Gasteiger partial charge >= 0.3 is 5.97 Å². The van der Waals surface area contributed by atoms with E-state index in [4.69, 9.17) is 14.2 Å². The van der Waals surface area contributed by atoms with Gasteiger partial charge in [0.15, 0.2) is 5.78 Å². The highest BCUT2D eigenvalue weighted by atomic mass is 16.5. The molecule has 3 aromatic rings. The summed E-state index contributed by atoms with van der Waals surface area (Å²) in [7, 11) is 0. The largest absolute Gasteiger partial charge is 0.494 e. The Morgan fingerprint density at radius 1 is 0.543 bits per heavy atom. The van der Waals surface area contributed by atoms with Crippen LogP contribution in [-0.4, -0.2) is 25.0 Å². The molecule has 0 spiro atoms. The summed E-state index contributed by atoms with van der Waals surface area (Å²) >= 11 is 0. The number of hydrogen-bond acceptors (Lipinski definition) is 5. The van der Waals surface area contributed by atoms with Gasteiger partial charge in [-0.15, -0.1) is 0 Å². The number of rotatable bonds is 14. The Morgan fingerprint density at radius 2 is 0.943 bits per heavy atom. The Hall–Kier alpha value is -3.60. The van der Waals surface area contributed by atoms with Crippen molar-refractivity contribution in [3.63, 3.8) is 0 Å². The van der Waals surface area contributed by atoms with Crippen LogP contribution in [-0.2, 0) is 0 Å². The van der Waals surface area contributed by atoms with Crippen molar-refractivity contribution >= 4 is 11.8 Å². The predicted molar refractivity (Wildman–Crippen MR) is 138 cm³/mol. The first-order valence-corrected chi connectivity index (χ1v) is 12.4. The molecule has 0 saturated carbocycles. The van der Waals surface area contributed by atoms with Gasteiger partial charge in [0.05, 0.1) is 18.8 Å². The fourth-order valence-electron chi connectivity index (χ4n) is 3.48. The first-order valence-electron chi connectivity index (χ1n) is 12.4. The first-order chi connectivity index (χ1) is 17.1. The van der Waals surface area contributed by atoms with E-state index in [2.05, 4.69) is 13.8 Å². The second kappa shape index (κ2) is 14.0. The smallest absolute Gasteiger partial charge is 0.343 e. The third-order valence-electron chi connectivity index (χ3n) is 5.57. The highest BCUT2D eigenvalue weighted by molar-refractivity contribution is 6.09. The topological polar surface area (TPSA) is 61.8 Å². The Balaban J connectivity index is 1.52. The molecule has 0 bridgehead atoms. The summed E-state index contributed by atoms with van der Waals surface area (Å²) in [6.07, 6.45) is 6.60. The van der Waals surface area contributed by atoms with Gasteiger partial charge in [-0.2, -0.15) is 0 Å². The van der Waals surface area contributed by atoms with Gasteiger partial charge in [-0.25, -0.2) is 4.79 Å². The van der Waals surface area contributed by atoms with Crippen molar-refractivity contribution in [2.75, 3.05) is 13.2 Å². The Labute approximate surface area is 208 Å². The molecule has 5 heteroatoms. The van der Waals surface area contributed by atoms with Gasteiger partial charge in [-0.3, -0.25) is 4.79 Å². The van der Waals surface area contributed by atoms with Gasteiger partial charge < -0.3 is 14.2 Å². The molecule has 0 saturated heterocycles. The molecule has 5 nitrogen and oxygen atoms in total. The number of carbonyl (C=O) groups is 2. The van der Waals surface area contributed by atoms with Crippen molar-refractivity contribution in [2.45, 2.75) is 52.4 Å². The second-order valence-electron chi connectivity index (χ2n) is 8.40. The van der Waals surface area contributed by atoms with Gasteiger partial charge in [0.1, 0.15) is 17.2 Å². The van der Waals surface area contributed by atoms with E-state index in [0.717, 1.165) is 50.0 Å². The minimum absolute atomic E-state index is 0.102. The zero-order chi connectivity index (χ0) is 24.9. The van der Waals surface area contributed by atoms with E-state index in [1.54, 1.807) is 60.7 Å². The molecule has 0 heterocycles. The number of esters is 1. The maximum absolute atomic E-state index is 12.8. The van der Waals surface area contributed by atoms with Crippen LogP contribution in [0.15, 0.2) is 72.8 Å². The highest BCUT2D eigenvalue weighted by Crippen LogP contribution is 2.20. The molecule has 0 radical (unpaired) electrons. The van der Waals surface area contributed by atoms with Crippen LogP contribution in [0, 0.1) is 0 Å². The van der Waals surface area contributed by atoms with Crippen LogP contribution in [0.2, 0.25) is 0 Å². The minimum Gasteiger partial charge on any atom is -0.494 e. The molecule has 35 heavy (non-hydrogen) atoms. The summed E-state index contributed by atoms with van der Waals surface area (Å²) in [6, 6.07) is 20.7. The SMILES string of the molecule is CCCCCOc1ccc(C(=O)Oc2ccc(C(=O)c3ccc(OCCCCC)cc3)cc2)cc1. The Morgan fingerprint density at radius 3 is 1.37 bits per heavy atom. The van der Waals surface area contributed by atoms with E-state index in [1.807, 2.05) is 12.1 Å². The lowest BCUT2D eigenvalue weighted by Crippen LogP contribution is -2.09. The van der Waals surface area contributed by atoms with Crippen LogP contribution >= 0.6 is 0 Å². The van der Waals surface area contributed by atoms with Crippen molar-refractivity contribution in [3.05, 3.63) is 89.5 Å². The molecular formula is C30H34O5. The molecule has 0 atom stereocenters. The minimum atomic E-state index is -0.462. The van der Waals surface area contributed by atoms with Gasteiger partial charge in [0, 0.05) is 11.1 Å². The Bertz CT molecular complexity index is 1050. The molecule has 3 rings (SSSR count). The number of hydrogen-bond donors (Lipinski definition) is 0. The van der Waals surface area contributed by atoms with Gasteiger partial charge in [-0.05, 0) is 85.6 Å². The summed E-state index contributed by atoms with van der Waals surface area (Å²) in [5.41, 5.74) is 1.53. The lowest BCUT2D eigenvalue weighted by Gasteiger charge is -2.08. The van der Waals surface area contributed by atoms with Gasteiger partial charge in [0.2, 0.25) is 0 Å². The molecule has 0 aliphatic carbocycles. The van der Waals surface area contributed by atoms with Crippen molar-refractivity contribution in [1.82, 2.24) is 0 Å². The maximum atomic E-state index is 12.8. The van der Waals surface area contributed by atoms with Crippen LogP contribution in [0.25, 0.3) is 0 Å². The standard InChI is InChI=1S/C30H34O5/c1-3-5-7-21-33-26-15-9-23(10-16-26)29(31)24-11-19-28(20-12-24)35-30(32)25-13-17-27(18-14-25)34-22-8-6-4-2/h9-20H,3-8,21-22H2,1-2H3. The van der Waals surface area contributed by atoms with Crippen LogP contribution in [0.4, 0.5) is 0 Å². The molecule has 0 fully saturated rings. The molecule has 0 amide bonds. The first kappa shape index (κ1) is 26.0. The fraction of sp³-hybridized carbons (Fsp3) is 0.333. The summed E-state index contributed by atoms with van der Waals surface area (Å²) < 4.78 is 16.8. The third kappa shape index (κ3) is 8.29. The normalized spacial score (nSPS) is 10.6. The van der Waals surface area contributed by atoms with E-state index >= 15 is 0 Å². The molecule has 0 unspecified atom stereocenters. The summed E-state index contributed by atoms with van der Waals surface area (Å²) in [4.78, 5) is 25.3. The van der Waals surface area contributed by atoms with Crippen molar-refractivity contribution in [2.24, 2.45) is 0 Å². The maximum Gasteiger partial charge on any atom is 0.343 e. The molecule has 0 aromatic heterocycles. The quantitative estimate of drug-likeness (QED) is 0.106. The molecule has 0 N–H and O–H groups in total. The monoisotopic (exact) mass is 474 g/mol. The van der Waals surface area contributed by atoms with E-state index in [-0.39, 0.29) is 5.78 Å². The average molecular weight is 475 g/mol. The molecule has 0 aliphatic heterocycles. The second-order valence-corrected chi connectivity index (χ2v) is 8.40. The Kier molecular flexibility index (Phi) is 10.4. The summed E-state index contributed by atoms with van der Waals surface area (Å²) in [6.45, 7) is 5.65. The number of ether oxygens (including phenoxy) is 3. The number of ketones is 1. The van der Waals surface area contributed by atoms with Crippen molar-refractivity contribution in [3.8, 4) is 17.2 Å². The summed E-state index contributed by atoms with van der Waals surface area (Å²) in [5.74, 6) is 1.31. The lowest BCUT2D eigenvalue weighted by molar-refractivity contribution is 0.0734. The van der Waals surface area contributed by atoms with E-state index in [0.29, 0.717) is 35.7 Å². The van der Waals surface area contributed by atoms with Crippen LogP contribution in [0.5, 0.6) is 17.2 Å².